The summed E-state index contributed by atoms with van der Waals surface area (Å²) in [6.07, 6.45) is 11.3. The van der Waals surface area contributed by atoms with Crippen molar-refractivity contribution in [1.29, 1.82) is 5.26 Å². The minimum absolute atomic E-state index is 0.722. The summed E-state index contributed by atoms with van der Waals surface area (Å²) < 4.78 is 0. The highest BCUT2D eigenvalue weighted by Gasteiger charge is 2.02. The van der Waals surface area contributed by atoms with Crippen molar-refractivity contribution in [3.8, 4) is 29.3 Å². The molecule has 0 aliphatic heterocycles. The highest BCUT2D eigenvalue weighted by molar-refractivity contribution is 5.56. The number of nitriles is 1. The van der Waals surface area contributed by atoms with Crippen LogP contribution in [0.1, 0.15) is 50.2 Å². The molecule has 2 aromatic rings. The molecule has 0 saturated heterocycles. The van der Waals surface area contributed by atoms with Crippen LogP contribution in [0.4, 0.5) is 0 Å². The van der Waals surface area contributed by atoms with E-state index in [2.05, 4.69) is 28.7 Å². The zero-order chi connectivity index (χ0) is 16.3. The second kappa shape index (κ2) is 9.38. The number of hydrogen-bond donors (Lipinski definition) is 0. The summed E-state index contributed by atoms with van der Waals surface area (Å²) in [6, 6.07) is 9.43. The Morgan fingerprint density at radius 2 is 1.65 bits per heavy atom. The monoisotopic (exact) mass is 303 g/mol. The maximum Gasteiger partial charge on any atom is 0.159 e. The molecule has 0 fully saturated rings. The van der Waals surface area contributed by atoms with Gasteiger partial charge < -0.3 is 0 Å². The zero-order valence-electron chi connectivity index (χ0n) is 13.5. The van der Waals surface area contributed by atoms with Crippen LogP contribution >= 0.6 is 0 Å². The molecule has 0 aliphatic carbocycles. The van der Waals surface area contributed by atoms with Crippen LogP contribution < -0.4 is 0 Å². The molecular weight excluding hydrogens is 282 g/mol. The topological polar surface area (TPSA) is 49.6 Å². The molecule has 23 heavy (non-hydrogen) atoms. The predicted molar refractivity (Wildman–Crippen MR) is 92.4 cm³/mol. The lowest BCUT2D eigenvalue weighted by atomic mass is 10.1. The Kier molecular flexibility index (Phi) is 6.82. The largest absolute Gasteiger partial charge is 0.236 e. The van der Waals surface area contributed by atoms with Gasteiger partial charge in [0.25, 0.3) is 0 Å². The zero-order valence-corrected chi connectivity index (χ0v) is 13.5. The number of benzene rings is 1. The molecule has 1 aromatic carbocycles. The molecule has 0 radical (unpaired) electrons. The van der Waals surface area contributed by atoms with Gasteiger partial charge in [-0.2, -0.15) is 5.26 Å². The fourth-order valence-corrected chi connectivity index (χ4v) is 2.37. The maximum atomic E-state index is 8.45. The van der Waals surface area contributed by atoms with Crippen molar-refractivity contribution in [2.75, 3.05) is 0 Å². The lowest BCUT2D eigenvalue weighted by Crippen LogP contribution is -1.93. The molecule has 0 atom stereocenters. The highest BCUT2D eigenvalue weighted by Crippen LogP contribution is 2.16. The van der Waals surface area contributed by atoms with Crippen LogP contribution in [0.5, 0.6) is 0 Å². The SMILES string of the molecule is CCCCCCCc1cnc(-c2ccc(C#CC#N)cc2)nc1. The lowest BCUT2D eigenvalue weighted by Gasteiger charge is -2.03. The molecule has 0 unspecified atom stereocenters. The molecule has 2 rings (SSSR count). The first-order valence-corrected chi connectivity index (χ1v) is 8.15. The Morgan fingerprint density at radius 1 is 0.957 bits per heavy atom. The predicted octanol–water partition coefficient (Wildman–Crippen LogP) is 4.53. The Hall–Kier alpha value is -2.65. The van der Waals surface area contributed by atoms with E-state index >= 15 is 0 Å². The Bertz CT molecular complexity index is 698. The van der Waals surface area contributed by atoms with Gasteiger partial charge in [0.05, 0.1) is 0 Å². The minimum atomic E-state index is 0.722. The van der Waals surface area contributed by atoms with E-state index in [1.165, 1.54) is 37.7 Å². The summed E-state index contributed by atoms with van der Waals surface area (Å²) in [5, 5.41) is 8.45. The summed E-state index contributed by atoms with van der Waals surface area (Å²) in [7, 11) is 0. The number of aromatic nitrogens is 2. The molecule has 1 aromatic heterocycles. The van der Waals surface area contributed by atoms with Crippen molar-refractivity contribution < 1.29 is 0 Å². The summed E-state index contributed by atoms with van der Waals surface area (Å²) in [5.41, 5.74) is 2.97. The van der Waals surface area contributed by atoms with Gasteiger partial charge in [-0.15, -0.1) is 0 Å². The normalized spacial score (nSPS) is 9.74. The van der Waals surface area contributed by atoms with E-state index in [1.54, 1.807) is 0 Å². The van der Waals surface area contributed by atoms with E-state index in [0.717, 1.165) is 23.4 Å². The average molecular weight is 303 g/mol. The molecule has 3 heteroatoms. The third kappa shape index (κ3) is 5.57. The molecule has 0 spiro atoms. The first kappa shape index (κ1) is 16.7. The smallest absolute Gasteiger partial charge is 0.159 e. The Balaban J connectivity index is 1.92. The third-order valence-corrected chi connectivity index (χ3v) is 3.68. The molecule has 1 heterocycles. The molecule has 0 N–H and O–H groups in total. The number of unbranched alkanes of at least 4 members (excludes halogenated alkanes) is 4. The van der Waals surface area contributed by atoms with Crippen LogP contribution in [0.2, 0.25) is 0 Å². The van der Waals surface area contributed by atoms with E-state index in [1.807, 2.05) is 42.7 Å². The van der Waals surface area contributed by atoms with Gasteiger partial charge in [-0.05, 0) is 42.7 Å². The van der Waals surface area contributed by atoms with E-state index < -0.39 is 0 Å². The van der Waals surface area contributed by atoms with Crippen molar-refractivity contribution in [2.45, 2.75) is 45.4 Å². The van der Waals surface area contributed by atoms with Crippen molar-refractivity contribution >= 4 is 0 Å². The minimum Gasteiger partial charge on any atom is -0.236 e. The van der Waals surface area contributed by atoms with E-state index in [9.17, 15) is 0 Å². The van der Waals surface area contributed by atoms with Crippen LogP contribution in [0, 0.1) is 23.2 Å². The second-order valence-electron chi connectivity index (χ2n) is 5.52. The van der Waals surface area contributed by atoms with Gasteiger partial charge in [-0.3, -0.25) is 0 Å². The van der Waals surface area contributed by atoms with Gasteiger partial charge in [-0.1, -0.05) is 38.5 Å². The number of aryl methyl sites for hydroxylation is 1. The average Bonchev–Trinajstić information content (AvgIpc) is 2.61. The third-order valence-electron chi connectivity index (χ3n) is 3.68. The molecule has 0 amide bonds. The van der Waals surface area contributed by atoms with Crippen LogP contribution in [0.25, 0.3) is 11.4 Å². The van der Waals surface area contributed by atoms with E-state index in [4.69, 9.17) is 5.26 Å². The standard InChI is InChI=1S/C20H21N3/c1-2-3-4-5-6-8-18-15-22-20(23-16-18)19-12-10-17(11-13-19)9-7-14-21/h10-13,15-16H,2-6,8H2,1H3. The van der Waals surface area contributed by atoms with Gasteiger partial charge in [0.2, 0.25) is 0 Å². The first-order chi connectivity index (χ1) is 11.3. The summed E-state index contributed by atoms with van der Waals surface area (Å²) in [5.74, 6) is 5.88. The lowest BCUT2D eigenvalue weighted by molar-refractivity contribution is 0.631. The van der Waals surface area contributed by atoms with Crippen LogP contribution in [-0.2, 0) is 6.42 Å². The summed E-state index contributed by atoms with van der Waals surface area (Å²) >= 11 is 0. The summed E-state index contributed by atoms with van der Waals surface area (Å²) in [6.45, 7) is 2.23. The molecule has 3 nitrogen and oxygen atoms in total. The van der Waals surface area contributed by atoms with Gasteiger partial charge in [0.15, 0.2) is 11.9 Å². The summed E-state index contributed by atoms with van der Waals surface area (Å²) in [4.78, 5) is 8.91. The maximum absolute atomic E-state index is 8.45. The van der Waals surface area contributed by atoms with Gasteiger partial charge >= 0.3 is 0 Å². The van der Waals surface area contributed by atoms with Gasteiger partial charge in [0, 0.05) is 29.4 Å². The van der Waals surface area contributed by atoms with E-state index in [-0.39, 0.29) is 0 Å². The van der Waals surface area contributed by atoms with Crippen molar-refractivity contribution in [3.63, 3.8) is 0 Å². The quantitative estimate of drug-likeness (QED) is 0.557. The van der Waals surface area contributed by atoms with E-state index in [0.29, 0.717) is 0 Å². The Morgan fingerprint density at radius 3 is 2.30 bits per heavy atom. The molecule has 0 bridgehead atoms. The Labute approximate surface area is 138 Å². The number of hydrogen-bond acceptors (Lipinski definition) is 3. The molecule has 0 aliphatic rings. The van der Waals surface area contributed by atoms with Crippen LogP contribution in [0.15, 0.2) is 36.7 Å². The fourth-order valence-electron chi connectivity index (χ4n) is 2.37. The first-order valence-electron chi connectivity index (χ1n) is 8.15. The van der Waals surface area contributed by atoms with Crippen molar-refractivity contribution in [3.05, 3.63) is 47.8 Å². The second-order valence-corrected chi connectivity index (χ2v) is 5.52. The molecular formula is C20H21N3. The van der Waals surface area contributed by atoms with Crippen LogP contribution in [-0.4, -0.2) is 9.97 Å². The molecule has 0 saturated carbocycles. The van der Waals surface area contributed by atoms with Gasteiger partial charge in [-0.25, -0.2) is 9.97 Å². The fraction of sp³-hybridized carbons (Fsp3) is 0.350. The highest BCUT2D eigenvalue weighted by atomic mass is 14.9. The van der Waals surface area contributed by atoms with Crippen molar-refractivity contribution in [1.82, 2.24) is 9.97 Å². The number of nitrogens with zero attached hydrogens (tertiary/aromatic N) is 3. The van der Waals surface area contributed by atoms with Crippen molar-refractivity contribution in [2.24, 2.45) is 0 Å². The molecule has 116 valence electrons. The van der Waals surface area contributed by atoms with Gasteiger partial charge in [0.1, 0.15) is 0 Å². The number of rotatable bonds is 7. The van der Waals surface area contributed by atoms with Crippen LogP contribution in [0.3, 0.4) is 0 Å².